The Morgan fingerprint density at radius 1 is 0.307 bits per heavy atom. The van der Waals surface area contributed by atoms with Gasteiger partial charge in [-0.25, -0.2) is 9.13 Å². The molecule has 0 spiro atoms. The standard InChI is InChI=1S/C69H134O17P2/c1-7-9-11-13-15-17-23-28-34-40-46-52-67(72)80-57-64(85-68(73)53-47-41-35-29-25-22-20-19-21-24-26-31-37-43-49-61(3)4)59-83-87(75,76)81-55-63(70)56-82-88(77,78)84-60-65(86-69(74)54-48-42-36-30-32-38-44-50-62(5)6)58-79-66(71)51-45-39-33-27-18-16-14-12-10-8-2/h61-65,70H,7-60H2,1-6H3,(H,75,76)(H,77,78)/t63-,64-,65-/m1/s1. The first kappa shape index (κ1) is 86.1. The average molecular weight is 1300 g/mol. The molecule has 2 unspecified atom stereocenters. The lowest BCUT2D eigenvalue weighted by Crippen LogP contribution is -2.30. The van der Waals surface area contributed by atoms with Gasteiger partial charge < -0.3 is 33.8 Å². The van der Waals surface area contributed by atoms with Gasteiger partial charge in [0.2, 0.25) is 0 Å². The second kappa shape index (κ2) is 61.3. The number of unbranched alkanes of at least 4 members (excludes halogenated alkanes) is 38. The maximum Gasteiger partial charge on any atom is 0.472 e. The molecule has 19 heteroatoms. The zero-order valence-corrected chi connectivity index (χ0v) is 58.8. The van der Waals surface area contributed by atoms with Gasteiger partial charge in [0.05, 0.1) is 26.4 Å². The third kappa shape index (κ3) is 62.8. The molecule has 0 aromatic heterocycles. The van der Waals surface area contributed by atoms with Crippen LogP contribution in [0.3, 0.4) is 0 Å². The second-order valence-corrected chi connectivity index (χ2v) is 28.8. The Balaban J connectivity index is 5.22. The fraction of sp³-hybridized carbons (Fsp3) is 0.942. The highest BCUT2D eigenvalue weighted by atomic mass is 31.2. The molecule has 0 amide bonds. The van der Waals surface area contributed by atoms with Crippen LogP contribution in [-0.2, 0) is 65.4 Å². The quantitative estimate of drug-likeness (QED) is 0.0222. The van der Waals surface area contributed by atoms with Gasteiger partial charge in [0.1, 0.15) is 19.3 Å². The van der Waals surface area contributed by atoms with Crippen LogP contribution in [-0.4, -0.2) is 96.7 Å². The summed E-state index contributed by atoms with van der Waals surface area (Å²) in [4.78, 5) is 72.4. The first-order valence-electron chi connectivity index (χ1n) is 36.0. The highest BCUT2D eigenvalue weighted by Gasteiger charge is 2.30. The largest absolute Gasteiger partial charge is 0.472 e. The lowest BCUT2D eigenvalue weighted by Gasteiger charge is -2.21. The molecular formula is C69H134O17P2. The topological polar surface area (TPSA) is 237 Å². The van der Waals surface area contributed by atoms with Gasteiger partial charge in [-0.15, -0.1) is 0 Å². The summed E-state index contributed by atoms with van der Waals surface area (Å²) in [6.07, 6.45) is 45.8. The fourth-order valence-corrected chi connectivity index (χ4v) is 12.0. The van der Waals surface area contributed by atoms with Crippen molar-refractivity contribution < 1.29 is 80.2 Å². The number of aliphatic hydroxyl groups excluding tert-OH is 1. The molecule has 0 rings (SSSR count). The minimum Gasteiger partial charge on any atom is -0.462 e. The number of hydrogen-bond acceptors (Lipinski definition) is 15. The summed E-state index contributed by atoms with van der Waals surface area (Å²) in [5.41, 5.74) is 0. The molecule has 88 heavy (non-hydrogen) atoms. The van der Waals surface area contributed by atoms with Crippen LogP contribution in [0.2, 0.25) is 0 Å². The van der Waals surface area contributed by atoms with Crippen LogP contribution in [0.4, 0.5) is 0 Å². The maximum absolute atomic E-state index is 13.0. The average Bonchev–Trinajstić information content (AvgIpc) is 3.65. The van der Waals surface area contributed by atoms with Crippen molar-refractivity contribution >= 4 is 39.5 Å². The number of esters is 4. The first-order chi connectivity index (χ1) is 42.4. The Morgan fingerprint density at radius 2 is 0.523 bits per heavy atom. The summed E-state index contributed by atoms with van der Waals surface area (Å²) in [7, 11) is -9.89. The van der Waals surface area contributed by atoms with Crippen molar-refractivity contribution in [3.05, 3.63) is 0 Å². The van der Waals surface area contributed by atoms with Gasteiger partial charge in [-0.3, -0.25) is 37.3 Å². The van der Waals surface area contributed by atoms with Crippen LogP contribution in [0, 0.1) is 11.8 Å². The molecule has 522 valence electrons. The van der Waals surface area contributed by atoms with E-state index in [1.165, 1.54) is 167 Å². The lowest BCUT2D eigenvalue weighted by atomic mass is 10.0. The van der Waals surface area contributed by atoms with E-state index in [2.05, 4.69) is 41.5 Å². The van der Waals surface area contributed by atoms with Gasteiger partial charge in [-0.1, -0.05) is 298 Å². The van der Waals surface area contributed by atoms with E-state index in [1.54, 1.807) is 0 Å². The van der Waals surface area contributed by atoms with Crippen LogP contribution in [0.25, 0.3) is 0 Å². The second-order valence-electron chi connectivity index (χ2n) is 25.9. The summed E-state index contributed by atoms with van der Waals surface area (Å²) in [5, 5.41) is 10.6. The van der Waals surface area contributed by atoms with Crippen molar-refractivity contribution in [1.82, 2.24) is 0 Å². The molecule has 0 aliphatic carbocycles. The molecular weight excluding hydrogens is 1160 g/mol. The molecule has 0 heterocycles. The van der Waals surface area contributed by atoms with Crippen molar-refractivity contribution in [2.24, 2.45) is 11.8 Å². The van der Waals surface area contributed by atoms with Crippen LogP contribution < -0.4 is 0 Å². The number of phosphoric ester groups is 2. The first-order valence-corrected chi connectivity index (χ1v) is 39.0. The molecule has 17 nitrogen and oxygen atoms in total. The van der Waals surface area contributed by atoms with E-state index in [1.807, 2.05) is 0 Å². The maximum atomic E-state index is 13.0. The van der Waals surface area contributed by atoms with Crippen molar-refractivity contribution in [2.45, 2.75) is 368 Å². The number of carbonyl (C=O) groups excluding carboxylic acids is 4. The smallest absolute Gasteiger partial charge is 0.462 e. The molecule has 0 aliphatic rings. The minimum atomic E-state index is -4.95. The Hall–Kier alpha value is -1.94. The minimum absolute atomic E-state index is 0.104. The molecule has 5 atom stereocenters. The van der Waals surface area contributed by atoms with Gasteiger partial charge in [-0.05, 0) is 37.5 Å². The molecule has 0 radical (unpaired) electrons. The highest BCUT2D eigenvalue weighted by Crippen LogP contribution is 2.45. The molecule has 0 saturated heterocycles. The summed E-state index contributed by atoms with van der Waals surface area (Å²) in [6.45, 7) is 9.49. The van der Waals surface area contributed by atoms with Gasteiger partial charge in [-0.2, -0.15) is 0 Å². The van der Waals surface area contributed by atoms with Gasteiger partial charge in [0.15, 0.2) is 12.2 Å². The Labute approximate surface area is 537 Å². The Morgan fingerprint density at radius 3 is 0.773 bits per heavy atom. The van der Waals surface area contributed by atoms with E-state index in [0.717, 1.165) is 95.8 Å². The monoisotopic (exact) mass is 1300 g/mol. The summed E-state index contributed by atoms with van der Waals surface area (Å²) >= 11 is 0. The third-order valence-corrected chi connectivity index (χ3v) is 17.9. The number of rotatable bonds is 68. The van der Waals surface area contributed by atoms with Gasteiger partial charge in [0, 0.05) is 25.7 Å². The number of phosphoric acid groups is 2. The third-order valence-electron chi connectivity index (χ3n) is 16.0. The van der Waals surface area contributed by atoms with Crippen molar-refractivity contribution in [3.63, 3.8) is 0 Å². The Kier molecular flexibility index (Phi) is 59.9. The van der Waals surface area contributed by atoms with Gasteiger partial charge in [0.25, 0.3) is 0 Å². The SMILES string of the molecule is CCCCCCCCCCCCCC(=O)OC[C@H](COP(=O)(O)OC[C@@H](O)COP(=O)(O)OC[C@@H](COC(=O)CCCCCCCCCCCC)OC(=O)CCCCCCCCCC(C)C)OC(=O)CCCCCCCCCCCCCCCCC(C)C. The van der Waals surface area contributed by atoms with E-state index < -0.39 is 97.5 Å². The van der Waals surface area contributed by atoms with E-state index in [4.69, 9.17) is 37.0 Å². The lowest BCUT2D eigenvalue weighted by molar-refractivity contribution is -0.161. The number of hydrogen-bond donors (Lipinski definition) is 3. The zero-order chi connectivity index (χ0) is 65.0. The van der Waals surface area contributed by atoms with Gasteiger partial charge >= 0.3 is 39.5 Å². The van der Waals surface area contributed by atoms with Crippen LogP contribution >= 0.6 is 15.6 Å². The number of ether oxygens (including phenoxy) is 4. The summed E-state index contributed by atoms with van der Waals surface area (Å²) in [5.74, 6) is -0.636. The predicted molar refractivity (Wildman–Crippen MR) is 354 cm³/mol. The molecule has 0 aliphatic heterocycles. The molecule has 0 aromatic rings. The highest BCUT2D eigenvalue weighted by molar-refractivity contribution is 7.47. The van der Waals surface area contributed by atoms with E-state index in [9.17, 15) is 43.2 Å². The van der Waals surface area contributed by atoms with E-state index in [0.29, 0.717) is 31.6 Å². The Bertz CT molecular complexity index is 1720. The molecule has 0 bridgehead atoms. The van der Waals surface area contributed by atoms with Crippen LogP contribution in [0.15, 0.2) is 0 Å². The van der Waals surface area contributed by atoms with E-state index in [-0.39, 0.29) is 25.7 Å². The molecule has 0 aromatic carbocycles. The predicted octanol–water partition coefficient (Wildman–Crippen LogP) is 19.6. The number of aliphatic hydroxyl groups is 1. The van der Waals surface area contributed by atoms with Crippen molar-refractivity contribution in [2.75, 3.05) is 39.6 Å². The zero-order valence-electron chi connectivity index (χ0n) is 57.0. The van der Waals surface area contributed by atoms with Crippen LogP contribution in [0.1, 0.15) is 350 Å². The fourth-order valence-electron chi connectivity index (χ4n) is 10.4. The van der Waals surface area contributed by atoms with Crippen molar-refractivity contribution in [1.29, 1.82) is 0 Å². The molecule has 0 saturated carbocycles. The molecule has 0 fully saturated rings. The summed E-state index contributed by atoms with van der Waals surface area (Å²) in [6, 6.07) is 0. The summed E-state index contributed by atoms with van der Waals surface area (Å²) < 4.78 is 68.2. The van der Waals surface area contributed by atoms with Crippen LogP contribution in [0.5, 0.6) is 0 Å². The van der Waals surface area contributed by atoms with E-state index >= 15 is 0 Å². The molecule has 3 N–H and O–H groups in total. The normalized spacial score (nSPS) is 14.2. The number of carbonyl (C=O) groups is 4. The van der Waals surface area contributed by atoms with Crippen molar-refractivity contribution in [3.8, 4) is 0 Å².